The molecule has 3 N–H and O–H groups in total. The van der Waals surface area contributed by atoms with Crippen LogP contribution in [0.1, 0.15) is 395 Å². The molecule has 0 fully saturated rings. The van der Waals surface area contributed by atoms with E-state index < -0.39 is 97.5 Å². The van der Waals surface area contributed by atoms with Crippen LogP contribution in [0, 0.1) is 11.8 Å². The third kappa shape index (κ3) is 70.3. The van der Waals surface area contributed by atoms with Gasteiger partial charge in [0.15, 0.2) is 12.2 Å². The summed E-state index contributed by atoms with van der Waals surface area (Å²) in [6.07, 6.45) is 56.1. The third-order valence-electron chi connectivity index (χ3n) is 17.7. The Kier molecular flexibility index (Phi) is 66.5. The minimum absolute atomic E-state index is 0.104. The van der Waals surface area contributed by atoms with Gasteiger partial charge in [0, 0.05) is 25.7 Å². The topological polar surface area (TPSA) is 237 Å². The fourth-order valence-corrected chi connectivity index (χ4v) is 13.2. The number of hydrogen-bond donors (Lipinski definition) is 3. The number of phosphoric ester groups is 2. The van der Waals surface area contributed by atoms with E-state index >= 15 is 0 Å². The molecule has 0 aliphatic rings. The standard InChI is InChI=1S/C76H148O17P2/c1-7-9-11-13-14-15-16-17-18-19-20-21-22-23-24-25-28-32-37-42-48-54-60-75(80)93-72(65-87-74(79)59-53-47-41-36-31-29-26-27-30-34-39-45-50-56-68(3)4)67-91-95(84,85)89-63-70(77)62-88-94(82,83)90-66-71(64-86-73(78)58-52-44-12-10-8-2)92-76(81)61-55-49-43-38-33-35-40-46-51-57-69(5)6/h68-72,77H,7-67H2,1-6H3,(H,82,83)(H,84,85)/t70-,71+,72+/m0/s1. The maximum Gasteiger partial charge on any atom is 0.472 e. The van der Waals surface area contributed by atoms with Gasteiger partial charge in [-0.2, -0.15) is 0 Å². The summed E-state index contributed by atoms with van der Waals surface area (Å²) in [5.74, 6) is -0.602. The van der Waals surface area contributed by atoms with Crippen LogP contribution >= 0.6 is 15.6 Å². The van der Waals surface area contributed by atoms with Gasteiger partial charge in [-0.3, -0.25) is 37.3 Å². The van der Waals surface area contributed by atoms with Crippen molar-refractivity contribution < 1.29 is 80.2 Å². The first-order chi connectivity index (χ1) is 45.9. The van der Waals surface area contributed by atoms with Crippen molar-refractivity contribution in [1.29, 1.82) is 0 Å². The molecule has 0 aromatic heterocycles. The molecule has 0 spiro atoms. The number of aliphatic hydroxyl groups is 1. The number of rotatable bonds is 75. The van der Waals surface area contributed by atoms with Gasteiger partial charge in [-0.1, -0.05) is 343 Å². The van der Waals surface area contributed by atoms with E-state index in [1.54, 1.807) is 0 Å². The maximum absolute atomic E-state index is 13.1. The van der Waals surface area contributed by atoms with Crippen molar-refractivity contribution in [3.8, 4) is 0 Å². The zero-order chi connectivity index (χ0) is 70.0. The van der Waals surface area contributed by atoms with Gasteiger partial charge in [0.25, 0.3) is 0 Å². The van der Waals surface area contributed by atoms with Gasteiger partial charge in [0.1, 0.15) is 19.3 Å². The lowest BCUT2D eigenvalue weighted by molar-refractivity contribution is -0.161. The van der Waals surface area contributed by atoms with Gasteiger partial charge in [-0.05, 0) is 37.5 Å². The number of carbonyl (C=O) groups excluding carboxylic acids is 4. The predicted octanol–water partition coefficient (Wildman–Crippen LogP) is 22.3. The smallest absolute Gasteiger partial charge is 0.462 e. The summed E-state index contributed by atoms with van der Waals surface area (Å²) in [7, 11) is -9.90. The van der Waals surface area contributed by atoms with Crippen molar-refractivity contribution in [3.63, 3.8) is 0 Å². The van der Waals surface area contributed by atoms with Crippen molar-refractivity contribution in [2.75, 3.05) is 39.6 Å². The van der Waals surface area contributed by atoms with Crippen LogP contribution in [0.25, 0.3) is 0 Å². The van der Waals surface area contributed by atoms with Crippen molar-refractivity contribution in [1.82, 2.24) is 0 Å². The molecule has 0 aliphatic heterocycles. The van der Waals surface area contributed by atoms with E-state index in [-0.39, 0.29) is 25.7 Å². The lowest BCUT2D eigenvalue weighted by Gasteiger charge is -2.21. The van der Waals surface area contributed by atoms with Gasteiger partial charge in [-0.25, -0.2) is 9.13 Å². The number of unbranched alkanes of at least 4 members (excludes halogenated alkanes) is 45. The van der Waals surface area contributed by atoms with Crippen LogP contribution in [0.15, 0.2) is 0 Å². The molecule has 0 amide bonds. The Hall–Kier alpha value is -1.94. The molecule has 0 aromatic rings. The minimum Gasteiger partial charge on any atom is -0.462 e. The summed E-state index contributed by atoms with van der Waals surface area (Å²) in [6, 6.07) is 0. The number of carbonyl (C=O) groups is 4. The molecule has 0 aliphatic carbocycles. The number of esters is 4. The van der Waals surface area contributed by atoms with Crippen LogP contribution in [-0.2, 0) is 65.4 Å². The number of aliphatic hydroxyl groups excluding tert-OH is 1. The molecule has 0 saturated carbocycles. The highest BCUT2D eigenvalue weighted by molar-refractivity contribution is 7.47. The Balaban J connectivity index is 5.11. The van der Waals surface area contributed by atoms with E-state index in [0.29, 0.717) is 25.7 Å². The number of ether oxygens (including phenoxy) is 4. The highest BCUT2D eigenvalue weighted by atomic mass is 31.2. The molecule has 0 rings (SSSR count). The summed E-state index contributed by atoms with van der Waals surface area (Å²) in [6.45, 7) is 9.49. The largest absolute Gasteiger partial charge is 0.472 e. The van der Waals surface area contributed by atoms with Crippen LogP contribution in [0.2, 0.25) is 0 Å². The Morgan fingerprint density at radius 2 is 0.484 bits per heavy atom. The quantitative estimate of drug-likeness (QED) is 0.0222. The fraction of sp³-hybridized carbons (Fsp3) is 0.947. The fourth-order valence-electron chi connectivity index (χ4n) is 11.7. The normalized spacial score (nSPS) is 14.0. The van der Waals surface area contributed by atoms with Gasteiger partial charge >= 0.3 is 39.5 Å². The number of phosphoric acid groups is 2. The first-order valence-electron chi connectivity index (χ1n) is 39.5. The van der Waals surface area contributed by atoms with Gasteiger partial charge in [0.2, 0.25) is 0 Å². The molecule has 0 bridgehead atoms. The summed E-state index contributed by atoms with van der Waals surface area (Å²) >= 11 is 0. The third-order valence-corrected chi connectivity index (χ3v) is 19.6. The summed E-state index contributed by atoms with van der Waals surface area (Å²) in [5, 5.41) is 10.6. The molecule has 564 valence electrons. The molecule has 0 heterocycles. The first-order valence-corrected chi connectivity index (χ1v) is 42.5. The van der Waals surface area contributed by atoms with E-state index in [2.05, 4.69) is 41.5 Å². The van der Waals surface area contributed by atoms with Gasteiger partial charge in [0.05, 0.1) is 26.4 Å². The second-order valence-electron chi connectivity index (χ2n) is 28.3. The Labute approximate surface area is 581 Å². The van der Waals surface area contributed by atoms with E-state index in [1.165, 1.54) is 205 Å². The maximum atomic E-state index is 13.1. The van der Waals surface area contributed by atoms with E-state index in [9.17, 15) is 43.2 Å². The van der Waals surface area contributed by atoms with Gasteiger partial charge < -0.3 is 33.8 Å². The Morgan fingerprint density at radius 1 is 0.284 bits per heavy atom. The summed E-state index contributed by atoms with van der Waals surface area (Å²) in [4.78, 5) is 72.5. The average Bonchev–Trinajstić information content (AvgIpc) is 1.53. The minimum atomic E-state index is -4.96. The van der Waals surface area contributed by atoms with Crippen LogP contribution in [0.3, 0.4) is 0 Å². The molecule has 0 aromatic carbocycles. The Morgan fingerprint density at radius 3 is 0.716 bits per heavy atom. The van der Waals surface area contributed by atoms with Gasteiger partial charge in [-0.15, -0.1) is 0 Å². The lowest BCUT2D eigenvalue weighted by Crippen LogP contribution is -2.30. The second-order valence-corrected chi connectivity index (χ2v) is 31.3. The summed E-state index contributed by atoms with van der Waals surface area (Å²) in [5.41, 5.74) is 0. The molecular formula is C76H148O17P2. The molecule has 5 atom stereocenters. The van der Waals surface area contributed by atoms with Crippen LogP contribution < -0.4 is 0 Å². The first kappa shape index (κ1) is 93.1. The molecule has 2 unspecified atom stereocenters. The van der Waals surface area contributed by atoms with Crippen LogP contribution in [-0.4, -0.2) is 96.7 Å². The lowest BCUT2D eigenvalue weighted by atomic mass is 10.0. The molecule has 0 radical (unpaired) electrons. The second kappa shape index (κ2) is 67.9. The van der Waals surface area contributed by atoms with Crippen molar-refractivity contribution >= 4 is 39.5 Å². The predicted molar refractivity (Wildman–Crippen MR) is 386 cm³/mol. The average molecular weight is 1400 g/mol. The molecule has 0 saturated heterocycles. The molecule has 95 heavy (non-hydrogen) atoms. The molecule has 19 heteroatoms. The summed E-state index contributed by atoms with van der Waals surface area (Å²) < 4.78 is 68.3. The SMILES string of the molecule is CCCCCCCCCCCCCCCCCCCCCCCCC(=O)O[C@H](COC(=O)CCCCCCCCCCCCCCCC(C)C)COP(=O)(O)OC[C@@H](O)COP(=O)(O)OC[C@@H](COC(=O)CCCCCCC)OC(=O)CCCCCCCCCCCC(C)C. The molecule has 17 nitrogen and oxygen atoms in total. The monoisotopic (exact) mass is 1400 g/mol. The zero-order valence-electron chi connectivity index (χ0n) is 62.0. The van der Waals surface area contributed by atoms with Crippen molar-refractivity contribution in [2.24, 2.45) is 11.8 Å². The van der Waals surface area contributed by atoms with Crippen molar-refractivity contribution in [2.45, 2.75) is 413 Å². The highest BCUT2D eigenvalue weighted by Crippen LogP contribution is 2.45. The van der Waals surface area contributed by atoms with Crippen LogP contribution in [0.5, 0.6) is 0 Å². The zero-order valence-corrected chi connectivity index (χ0v) is 63.8. The molecular weight excluding hydrogens is 1250 g/mol. The van der Waals surface area contributed by atoms with E-state index in [0.717, 1.165) is 108 Å². The van der Waals surface area contributed by atoms with Crippen LogP contribution in [0.4, 0.5) is 0 Å². The van der Waals surface area contributed by atoms with E-state index in [1.807, 2.05) is 0 Å². The van der Waals surface area contributed by atoms with E-state index in [4.69, 9.17) is 37.0 Å². The number of hydrogen-bond acceptors (Lipinski definition) is 15. The highest BCUT2D eigenvalue weighted by Gasteiger charge is 2.30. The Bertz CT molecular complexity index is 1840. The van der Waals surface area contributed by atoms with Crippen molar-refractivity contribution in [3.05, 3.63) is 0 Å².